The van der Waals surface area contributed by atoms with Crippen molar-refractivity contribution >= 4 is 47.8 Å². The van der Waals surface area contributed by atoms with Gasteiger partial charge in [-0.2, -0.15) is 0 Å². The number of carboxylic acid groups (broad SMARTS) is 8. The number of carboxylic acids is 8. The van der Waals surface area contributed by atoms with Crippen LogP contribution in [0, 0.1) is 0 Å². The molecule has 0 saturated heterocycles. The van der Waals surface area contributed by atoms with Crippen LogP contribution < -0.4 is 0 Å². The molecule has 0 spiro atoms. The second-order valence-corrected chi connectivity index (χ2v) is 5.53. The average molecular weight is 476 g/mol. The Bertz CT molecular complexity index is 881. The predicted molar refractivity (Wildman–Crippen MR) is 94.1 cm³/mol. The van der Waals surface area contributed by atoms with Crippen molar-refractivity contribution in [1.82, 2.24) is 0 Å². The molecule has 178 valence electrons. The van der Waals surface area contributed by atoms with Crippen LogP contribution in [0.5, 0.6) is 0 Å². The van der Waals surface area contributed by atoms with Gasteiger partial charge in [0.25, 0.3) is 0 Å². The average Bonchev–Trinajstić information content (AvgIpc) is 2.64. The van der Waals surface area contributed by atoms with Gasteiger partial charge in [-0.15, -0.1) is 0 Å². The Labute approximate surface area is 179 Å². The summed E-state index contributed by atoms with van der Waals surface area (Å²) in [6, 6.07) is 0. The van der Waals surface area contributed by atoms with Gasteiger partial charge in [-0.25, -0.2) is 33.6 Å². The molecule has 0 radical (unpaired) electrons. The Kier molecular flexibility index (Phi) is 9.16. The maximum absolute atomic E-state index is 11.2. The first kappa shape index (κ1) is 27.9. The molecule has 1 aromatic carbocycles. The maximum Gasteiger partial charge on any atom is 0.337 e. The van der Waals surface area contributed by atoms with Crippen LogP contribution >= 0.6 is 0 Å². The summed E-state index contributed by atoms with van der Waals surface area (Å²) < 4.78 is 0. The molecule has 0 fully saturated rings. The van der Waals surface area contributed by atoms with Crippen molar-refractivity contribution in [3.8, 4) is 0 Å². The summed E-state index contributed by atoms with van der Waals surface area (Å²) in [5.74, 6) is -16.4. The van der Waals surface area contributed by atoms with Gasteiger partial charge in [0.05, 0.1) is 39.8 Å². The molecule has 1 aromatic rings. The van der Waals surface area contributed by atoms with Crippen molar-refractivity contribution < 1.29 is 84.3 Å². The van der Waals surface area contributed by atoms with E-state index in [0.29, 0.717) is 0 Å². The van der Waals surface area contributed by atoms with E-state index in [0.717, 1.165) is 0 Å². The molecule has 0 aliphatic heterocycles. The predicted octanol–water partition coefficient (Wildman–Crippen LogP) is -1.22. The van der Waals surface area contributed by atoms with E-state index < -0.39 is 93.7 Å². The van der Waals surface area contributed by atoms with Gasteiger partial charge in [0.2, 0.25) is 0 Å². The largest absolute Gasteiger partial charge is 0.481 e. The van der Waals surface area contributed by atoms with E-state index in [1.54, 1.807) is 0 Å². The lowest BCUT2D eigenvalue weighted by Crippen LogP contribution is -2.27. The first-order valence-corrected chi connectivity index (χ1v) is 7.73. The number of hydrogen-bond donors (Lipinski definition) is 9. The third-order valence-corrected chi connectivity index (χ3v) is 3.44. The van der Waals surface area contributed by atoms with Gasteiger partial charge in [0.15, 0.2) is 6.10 Å². The van der Waals surface area contributed by atoms with E-state index in [1.165, 1.54) is 0 Å². The number of aliphatic hydroxyl groups is 1. The molecular weight excluding hydrogens is 464 g/mol. The number of aliphatic carboxylic acids is 2. The summed E-state index contributed by atoms with van der Waals surface area (Å²) in [5, 5.41) is 78.3. The van der Waals surface area contributed by atoms with Crippen LogP contribution in [-0.2, 0) is 9.59 Å². The van der Waals surface area contributed by atoms with Gasteiger partial charge in [-0.3, -0.25) is 4.79 Å². The molecule has 0 bridgehead atoms. The van der Waals surface area contributed by atoms with Crippen molar-refractivity contribution in [3.63, 3.8) is 0 Å². The first-order valence-electron chi connectivity index (χ1n) is 7.73. The van der Waals surface area contributed by atoms with Crippen molar-refractivity contribution in [1.29, 1.82) is 0 Å². The highest BCUT2D eigenvalue weighted by Crippen LogP contribution is 2.30. The summed E-state index contributed by atoms with van der Waals surface area (Å²) >= 11 is 0. The second kappa shape index (κ2) is 10.8. The summed E-state index contributed by atoms with van der Waals surface area (Å²) in [4.78, 5) is 86.7. The van der Waals surface area contributed by atoms with E-state index in [9.17, 15) is 38.4 Å². The highest BCUT2D eigenvalue weighted by atomic mass is 16.4. The highest BCUT2D eigenvalue weighted by Gasteiger charge is 2.40. The van der Waals surface area contributed by atoms with E-state index >= 15 is 0 Å². The lowest BCUT2D eigenvalue weighted by atomic mass is 9.86. The SMILES string of the molecule is O=C(O)CC(O)C(=O)O.O=C(O)c1c(C(=O)O)c(C(=O)O)c(C(=O)O)c(C(=O)O)c1C(=O)O. The fraction of sp³-hybridized carbons (Fsp3) is 0.125. The van der Waals surface area contributed by atoms with Gasteiger partial charge in [0.1, 0.15) is 0 Å². The Hall–Kier alpha value is -5.06. The molecule has 1 unspecified atom stereocenters. The molecule has 0 amide bonds. The van der Waals surface area contributed by atoms with Crippen LogP contribution in [0.25, 0.3) is 0 Å². The Morgan fingerprint density at radius 3 is 0.697 bits per heavy atom. The van der Waals surface area contributed by atoms with Crippen molar-refractivity contribution in [2.24, 2.45) is 0 Å². The first-order chi connectivity index (χ1) is 15.0. The Morgan fingerprint density at radius 1 is 0.455 bits per heavy atom. The molecular formula is C16H12O17. The summed E-state index contributed by atoms with van der Waals surface area (Å²) in [6.45, 7) is 0. The lowest BCUT2D eigenvalue weighted by molar-refractivity contribution is -0.152. The monoisotopic (exact) mass is 476 g/mol. The number of rotatable bonds is 9. The minimum atomic E-state index is -2.26. The van der Waals surface area contributed by atoms with Gasteiger partial charge in [-0.05, 0) is 0 Å². The maximum atomic E-state index is 11.2. The lowest BCUT2D eigenvalue weighted by Gasteiger charge is -2.15. The zero-order chi connectivity index (χ0) is 26.4. The molecule has 1 rings (SSSR count). The van der Waals surface area contributed by atoms with E-state index in [1.807, 2.05) is 0 Å². The minimum absolute atomic E-state index is 0.755. The van der Waals surface area contributed by atoms with Crippen LogP contribution in [0.4, 0.5) is 0 Å². The second-order valence-electron chi connectivity index (χ2n) is 5.53. The van der Waals surface area contributed by atoms with Crippen LogP contribution in [0.3, 0.4) is 0 Å². The molecule has 0 saturated carbocycles. The van der Waals surface area contributed by atoms with Crippen molar-refractivity contribution in [2.45, 2.75) is 12.5 Å². The molecule has 9 N–H and O–H groups in total. The summed E-state index contributed by atoms with van der Waals surface area (Å²) in [5.41, 5.74) is -9.95. The van der Waals surface area contributed by atoms with Crippen LogP contribution in [0.2, 0.25) is 0 Å². The smallest absolute Gasteiger partial charge is 0.337 e. The standard InChI is InChI=1S/C12H6O12.C4H6O5/c13-7(14)1-2(8(15)16)4(10(19)20)6(12(23)24)5(11(21)22)3(1)9(17)18;5-2(4(8)9)1-3(6)7/h(H,13,14)(H,15,16)(H,17,18)(H,19,20)(H,21,22)(H,23,24);2,5H,1H2,(H,6,7)(H,8,9). The van der Waals surface area contributed by atoms with E-state index in [4.69, 9.17) is 46.0 Å². The molecule has 33 heavy (non-hydrogen) atoms. The van der Waals surface area contributed by atoms with Crippen LogP contribution in [0.15, 0.2) is 0 Å². The summed E-state index contributed by atoms with van der Waals surface area (Å²) in [6.07, 6.45) is -2.54. The number of carbonyl (C=O) groups is 8. The Morgan fingerprint density at radius 2 is 0.636 bits per heavy atom. The summed E-state index contributed by atoms with van der Waals surface area (Å²) in [7, 11) is 0. The highest BCUT2D eigenvalue weighted by molar-refractivity contribution is 6.22. The minimum Gasteiger partial charge on any atom is -0.481 e. The zero-order valence-corrected chi connectivity index (χ0v) is 15.6. The molecule has 0 aliphatic carbocycles. The number of aliphatic hydroxyl groups excluding tert-OH is 1. The van der Waals surface area contributed by atoms with Gasteiger partial charge >= 0.3 is 47.8 Å². The number of benzene rings is 1. The fourth-order valence-electron chi connectivity index (χ4n) is 2.29. The normalized spacial score (nSPS) is 10.7. The van der Waals surface area contributed by atoms with Crippen LogP contribution in [0.1, 0.15) is 68.6 Å². The van der Waals surface area contributed by atoms with Gasteiger partial charge < -0.3 is 46.0 Å². The van der Waals surface area contributed by atoms with Gasteiger partial charge in [0, 0.05) is 0 Å². The fourth-order valence-corrected chi connectivity index (χ4v) is 2.29. The molecule has 17 heteroatoms. The zero-order valence-electron chi connectivity index (χ0n) is 15.6. The van der Waals surface area contributed by atoms with E-state index in [2.05, 4.69) is 0 Å². The topological polar surface area (TPSA) is 319 Å². The quantitative estimate of drug-likeness (QED) is 0.201. The van der Waals surface area contributed by atoms with Crippen LogP contribution in [-0.4, -0.2) is 99.8 Å². The van der Waals surface area contributed by atoms with Gasteiger partial charge in [-0.1, -0.05) is 0 Å². The molecule has 0 aromatic heterocycles. The third-order valence-electron chi connectivity index (χ3n) is 3.44. The number of aromatic carboxylic acids is 6. The third kappa shape index (κ3) is 6.46. The Balaban J connectivity index is 0.000000960. The van der Waals surface area contributed by atoms with Crippen molar-refractivity contribution in [2.75, 3.05) is 0 Å². The molecule has 1 atom stereocenters. The van der Waals surface area contributed by atoms with E-state index in [-0.39, 0.29) is 0 Å². The molecule has 0 heterocycles. The number of hydrogen-bond acceptors (Lipinski definition) is 9. The van der Waals surface area contributed by atoms with Crippen molar-refractivity contribution in [3.05, 3.63) is 33.4 Å². The molecule has 0 aliphatic rings. The molecule has 17 nitrogen and oxygen atoms in total.